The third kappa shape index (κ3) is 3.19. The molecule has 0 bridgehead atoms. The van der Waals surface area contributed by atoms with E-state index in [1.807, 2.05) is 0 Å². The van der Waals surface area contributed by atoms with Crippen molar-refractivity contribution < 1.29 is 14.4 Å². The standard InChI is InChI=1S/C18H23N3O3/c1-12(11-21-7-3-4-8-21)10-19-16(22)13-5-6-14-15(9-13)18(24)20(2)17(14)23/h5-6,9,12H,3-4,7-8,10-11H2,1-2H3,(H,19,22). The van der Waals surface area contributed by atoms with Gasteiger partial charge in [0.15, 0.2) is 0 Å². The summed E-state index contributed by atoms with van der Waals surface area (Å²) in [5.41, 5.74) is 1.08. The lowest BCUT2D eigenvalue weighted by Gasteiger charge is -2.20. The molecule has 0 radical (unpaired) electrons. The van der Waals surface area contributed by atoms with E-state index in [-0.39, 0.29) is 17.7 Å². The lowest BCUT2D eigenvalue weighted by Crippen LogP contribution is -2.34. The molecule has 6 nitrogen and oxygen atoms in total. The van der Waals surface area contributed by atoms with Crippen molar-refractivity contribution in [1.29, 1.82) is 0 Å². The number of fused-ring (bicyclic) bond motifs is 1. The predicted octanol–water partition coefficient (Wildman–Crippen LogP) is 1.37. The van der Waals surface area contributed by atoms with Gasteiger partial charge in [-0.25, -0.2) is 0 Å². The van der Waals surface area contributed by atoms with Crippen molar-refractivity contribution in [3.8, 4) is 0 Å². The number of nitrogens with zero attached hydrogens (tertiary/aromatic N) is 2. The molecule has 6 heteroatoms. The first kappa shape index (κ1) is 16.6. The quantitative estimate of drug-likeness (QED) is 0.829. The summed E-state index contributed by atoms with van der Waals surface area (Å²) in [7, 11) is 1.45. The molecule has 2 aliphatic rings. The van der Waals surface area contributed by atoms with Crippen LogP contribution in [0.25, 0.3) is 0 Å². The van der Waals surface area contributed by atoms with Crippen molar-refractivity contribution >= 4 is 17.7 Å². The smallest absolute Gasteiger partial charge is 0.261 e. The first-order valence-electron chi connectivity index (χ1n) is 8.44. The highest BCUT2D eigenvalue weighted by molar-refractivity contribution is 6.21. The number of amides is 3. The van der Waals surface area contributed by atoms with Crippen LogP contribution in [0, 0.1) is 5.92 Å². The largest absolute Gasteiger partial charge is 0.352 e. The van der Waals surface area contributed by atoms with Crippen molar-refractivity contribution in [3.05, 3.63) is 34.9 Å². The number of carbonyl (C=O) groups is 3. The molecule has 1 aromatic carbocycles. The Hall–Kier alpha value is -2.21. The Labute approximate surface area is 141 Å². The molecule has 0 aromatic heterocycles. The molecule has 1 saturated heterocycles. The van der Waals surface area contributed by atoms with Gasteiger partial charge in [0.05, 0.1) is 11.1 Å². The Bertz CT molecular complexity index is 680. The summed E-state index contributed by atoms with van der Waals surface area (Å²) in [4.78, 5) is 39.7. The third-order valence-corrected chi connectivity index (χ3v) is 4.73. The summed E-state index contributed by atoms with van der Waals surface area (Å²) < 4.78 is 0. The molecule has 0 saturated carbocycles. The van der Waals surface area contributed by atoms with Gasteiger partial charge < -0.3 is 10.2 Å². The van der Waals surface area contributed by atoms with Crippen molar-refractivity contribution in [2.24, 2.45) is 5.92 Å². The van der Waals surface area contributed by atoms with Gasteiger partial charge in [-0.2, -0.15) is 0 Å². The Morgan fingerprint density at radius 3 is 2.54 bits per heavy atom. The number of likely N-dealkylation sites (tertiary alicyclic amines) is 1. The first-order chi connectivity index (χ1) is 11.5. The minimum atomic E-state index is -0.355. The van der Waals surface area contributed by atoms with Crippen LogP contribution in [0.1, 0.15) is 50.8 Å². The molecule has 2 heterocycles. The number of imide groups is 1. The second kappa shape index (κ2) is 6.73. The van der Waals surface area contributed by atoms with Gasteiger partial charge in [-0.15, -0.1) is 0 Å². The number of benzene rings is 1. The van der Waals surface area contributed by atoms with E-state index < -0.39 is 0 Å². The predicted molar refractivity (Wildman–Crippen MR) is 90.0 cm³/mol. The summed E-state index contributed by atoms with van der Waals surface area (Å²) in [6.07, 6.45) is 2.52. The monoisotopic (exact) mass is 329 g/mol. The fourth-order valence-corrected chi connectivity index (χ4v) is 3.34. The van der Waals surface area contributed by atoms with Crippen LogP contribution in [0.5, 0.6) is 0 Å². The summed E-state index contributed by atoms with van der Waals surface area (Å²) in [5.74, 6) is -0.509. The molecule has 1 fully saturated rings. The average Bonchev–Trinajstić information content (AvgIpc) is 3.16. The van der Waals surface area contributed by atoms with E-state index >= 15 is 0 Å². The molecule has 2 aliphatic heterocycles. The van der Waals surface area contributed by atoms with Crippen LogP contribution in [0.15, 0.2) is 18.2 Å². The van der Waals surface area contributed by atoms with E-state index in [0.29, 0.717) is 29.2 Å². The lowest BCUT2D eigenvalue weighted by atomic mass is 10.0. The molecule has 128 valence electrons. The van der Waals surface area contributed by atoms with Gasteiger partial charge >= 0.3 is 0 Å². The van der Waals surface area contributed by atoms with Crippen LogP contribution in [-0.2, 0) is 0 Å². The van der Waals surface area contributed by atoms with Crippen LogP contribution in [0.2, 0.25) is 0 Å². The highest BCUT2D eigenvalue weighted by Gasteiger charge is 2.33. The fourth-order valence-electron chi connectivity index (χ4n) is 3.34. The molecule has 1 atom stereocenters. The van der Waals surface area contributed by atoms with Gasteiger partial charge in [-0.05, 0) is 50.0 Å². The van der Waals surface area contributed by atoms with E-state index in [4.69, 9.17) is 0 Å². The third-order valence-electron chi connectivity index (χ3n) is 4.73. The van der Waals surface area contributed by atoms with Crippen molar-refractivity contribution in [2.75, 3.05) is 33.2 Å². The molecular formula is C18H23N3O3. The molecule has 1 N–H and O–H groups in total. The van der Waals surface area contributed by atoms with Gasteiger partial charge in [0.25, 0.3) is 17.7 Å². The Morgan fingerprint density at radius 1 is 1.17 bits per heavy atom. The van der Waals surface area contributed by atoms with Crippen molar-refractivity contribution in [1.82, 2.24) is 15.1 Å². The zero-order valence-electron chi connectivity index (χ0n) is 14.2. The van der Waals surface area contributed by atoms with E-state index in [1.54, 1.807) is 12.1 Å². The maximum Gasteiger partial charge on any atom is 0.261 e. The second-order valence-electron chi connectivity index (χ2n) is 6.75. The van der Waals surface area contributed by atoms with Crippen LogP contribution < -0.4 is 5.32 Å². The summed E-state index contributed by atoms with van der Waals surface area (Å²) >= 11 is 0. The van der Waals surface area contributed by atoms with E-state index in [2.05, 4.69) is 17.1 Å². The minimum absolute atomic E-state index is 0.208. The highest BCUT2D eigenvalue weighted by atomic mass is 16.2. The maximum absolute atomic E-state index is 12.3. The molecule has 1 unspecified atom stereocenters. The van der Waals surface area contributed by atoms with Crippen LogP contribution >= 0.6 is 0 Å². The first-order valence-corrected chi connectivity index (χ1v) is 8.44. The minimum Gasteiger partial charge on any atom is -0.352 e. The molecule has 3 amide bonds. The highest BCUT2D eigenvalue weighted by Crippen LogP contribution is 2.22. The Balaban J connectivity index is 1.60. The summed E-state index contributed by atoms with van der Waals surface area (Å²) in [6.45, 7) is 6.00. The number of hydrogen-bond donors (Lipinski definition) is 1. The van der Waals surface area contributed by atoms with Gasteiger partial charge in [-0.1, -0.05) is 6.92 Å². The maximum atomic E-state index is 12.3. The number of carbonyl (C=O) groups excluding carboxylic acids is 3. The molecular weight excluding hydrogens is 306 g/mol. The van der Waals surface area contributed by atoms with E-state index in [1.165, 1.54) is 26.0 Å². The molecule has 0 aliphatic carbocycles. The molecule has 1 aromatic rings. The van der Waals surface area contributed by atoms with Gasteiger partial charge in [-0.3, -0.25) is 19.3 Å². The second-order valence-corrected chi connectivity index (χ2v) is 6.75. The fraction of sp³-hybridized carbons (Fsp3) is 0.500. The van der Waals surface area contributed by atoms with Gasteiger partial charge in [0, 0.05) is 25.7 Å². The number of nitrogens with one attached hydrogen (secondary N) is 1. The zero-order chi connectivity index (χ0) is 17.3. The number of rotatable bonds is 5. The average molecular weight is 329 g/mol. The molecule has 0 spiro atoms. The normalized spacial score (nSPS) is 18.8. The van der Waals surface area contributed by atoms with Crippen molar-refractivity contribution in [3.63, 3.8) is 0 Å². The zero-order valence-corrected chi connectivity index (χ0v) is 14.2. The van der Waals surface area contributed by atoms with Crippen LogP contribution in [0.4, 0.5) is 0 Å². The number of hydrogen-bond acceptors (Lipinski definition) is 4. The van der Waals surface area contributed by atoms with Crippen molar-refractivity contribution in [2.45, 2.75) is 19.8 Å². The van der Waals surface area contributed by atoms with Gasteiger partial charge in [0.1, 0.15) is 0 Å². The SMILES string of the molecule is CC(CNC(=O)c1ccc2c(c1)C(=O)N(C)C2=O)CN1CCCC1. The summed E-state index contributed by atoms with van der Waals surface area (Å²) in [5, 5.41) is 2.93. The van der Waals surface area contributed by atoms with E-state index in [9.17, 15) is 14.4 Å². The topological polar surface area (TPSA) is 69.7 Å². The van der Waals surface area contributed by atoms with E-state index in [0.717, 1.165) is 24.5 Å². The van der Waals surface area contributed by atoms with Gasteiger partial charge in [0.2, 0.25) is 0 Å². The molecule has 24 heavy (non-hydrogen) atoms. The summed E-state index contributed by atoms with van der Waals surface area (Å²) in [6, 6.07) is 4.67. The Kier molecular flexibility index (Phi) is 4.66. The lowest BCUT2D eigenvalue weighted by molar-refractivity contribution is 0.0693. The van der Waals surface area contributed by atoms with Crippen LogP contribution in [-0.4, -0.2) is 60.7 Å². The van der Waals surface area contributed by atoms with Crippen LogP contribution in [0.3, 0.4) is 0 Å². The Morgan fingerprint density at radius 2 is 1.83 bits per heavy atom. The molecule has 3 rings (SSSR count).